The van der Waals surface area contributed by atoms with Crippen molar-refractivity contribution in [3.8, 4) is 11.5 Å². The highest BCUT2D eigenvalue weighted by Gasteiger charge is 2.24. The fourth-order valence-electron chi connectivity index (χ4n) is 2.93. The van der Waals surface area contributed by atoms with Gasteiger partial charge >= 0.3 is 0 Å². The summed E-state index contributed by atoms with van der Waals surface area (Å²) in [4.78, 5) is 25.8. The fraction of sp³-hybridized carbons (Fsp3) is 0.333. The third-order valence-corrected chi connectivity index (χ3v) is 4.99. The molecule has 1 heterocycles. The topological polar surface area (TPSA) is 67.9 Å². The van der Waals surface area contributed by atoms with E-state index in [9.17, 15) is 9.59 Å². The Morgan fingerprint density at radius 1 is 1.14 bits per heavy atom. The van der Waals surface area contributed by atoms with Gasteiger partial charge < -0.3 is 19.7 Å². The highest BCUT2D eigenvalue weighted by Crippen LogP contribution is 2.31. The van der Waals surface area contributed by atoms with Crippen molar-refractivity contribution in [2.75, 3.05) is 31.2 Å². The first-order valence-corrected chi connectivity index (χ1v) is 10.1. The third kappa shape index (κ3) is 5.48. The first-order chi connectivity index (χ1) is 13.6. The minimum absolute atomic E-state index is 0.00979. The summed E-state index contributed by atoms with van der Waals surface area (Å²) in [5.41, 5.74) is 0.786. The van der Waals surface area contributed by atoms with Crippen LogP contribution in [0.4, 0.5) is 5.69 Å². The van der Waals surface area contributed by atoms with Gasteiger partial charge in [-0.2, -0.15) is 0 Å². The molecule has 2 aromatic rings. The maximum atomic E-state index is 12.1. The normalized spacial score (nSPS) is 12.9. The van der Waals surface area contributed by atoms with Crippen LogP contribution in [-0.4, -0.2) is 38.1 Å². The molecule has 0 radical (unpaired) electrons. The van der Waals surface area contributed by atoms with E-state index in [4.69, 9.17) is 9.47 Å². The van der Waals surface area contributed by atoms with Crippen LogP contribution in [0, 0.1) is 0 Å². The third-order valence-electron chi connectivity index (χ3n) is 4.33. The maximum Gasteiger partial charge on any atom is 0.265 e. The van der Waals surface area contributed by atoms with Crippen molar-refractivity contribution >= 4 is 33.4 Å². The minimum Gasteiger partial charge on any atom is -0.492 e. The number of amides is 2. The van der Waals surface area contributed by atoms with Crippen molar-refractivity contribution in [1.29, 1.82) is 0 Å². The number of hydrogen-bond acceptors (Lipinski definition) is 4. The molecule has 0 unspecified atom stereocenters. The second kappa shape index (κ2) is 10.1. The average Bonchev–Trinajstić information content (AvgIpc) is 2.71. The molecule has 3 rings (SSSR count). The van der Waals surface area contributed by atoms with Crippen LogP contribution in [0.1, 0.15) is 19.3 Å². The van der Waals surface area contributed by atoms with Crippen LogP contribution in [0.2, 0.25) is 0 Å². The van der Waals surface area contributed by atoms with E-state index in [0.29, 0.717) is 39.0 Å². The van der Waals surface area contributed by atoms with Crippen LogP contribution in [0.3, 0.4) is 0 Å². The molecule has 2 aromatic carbocycles. The van der Waals surface area contributed by atoms with Crippen LogP contribution in [0.25, 0.3) is 0 Å². The second-order valence-corrected chi connectivity index (χ2v) is 7.24. The van der Waals surface area contributed by atoms with Gasteiger partial charge in [-0.15, -0.1) is 0 Å². The molecule has 0 bridgehead atoms. The number of hydrogen-bond donors (Lipinski definition) is 1. The molecule has 0 fully saturated rings. The van der Waals surface area contributed by atoms with Gasteiger partial charge in [0.05, 0.1) is 16.8 Å². The van der Waals surface area contributed by atoms with Crippen molar-refractivity contribution in [2.45, 2.75) is 19.3 Å². The average molecular weight is 447 g/mol. The molecule has 0 spiro atoms. The first-order valence-electron chi connectivity index (χ1n) is 9.31. The molecule has 7 heteroatoms. The first kappa shape index (κ1) is 20.2. The van der Waals surface area contributed by atoms with Crippen LogP contribution in [0.15, 0.2) is 53.0 Å². The maximum absolute atomic E-state index is 12.1. The van der Waals surface area contributed by atoms with Gasteiger partial charge in [0.15, 0.2) is 6.61 Å². The summed E-state index contributed by atoms with van der Waals surface area (Å²) < 4.78 is 12.0. The monoisotopic (exact) mass is 446 g/mol. The Kier molecular flexibility index (Phi) is 7.31. The van der Waals surface area contributed by atoms with Crippen LogP contribution in [0.5, 0.6) is 11.5 Å². The van der Waals surface area contributed by atoms with Crippen molar-refractivity contribution in [1.82, 2.24) is 5.32 Å². The molecular formula is C21H23BrN2O4. The quantitative estimate of drug-likeness (QED) is 0.598. The summed E-state index contributed by atoms with van der Waals surface area (Å²) in [5, 5.41) is 2.90. The van der Waals surface area contributed by atoms with E-state index in [2.05, 4.69) is 21.2 Å². The molecule has 1 N–H and O–H groups in total. The highest BCUT2D eigenvalue weighted by atomic mass is 79.9. The molecule has 1 aliphatic rings. The van der Waals surface area contributed by atoms with E-state index in [1.165, 1.54) is 0 Å². The molecule has 2 amide bonds. The van der Waals surface area contributed by atoms with Gasteiger partial charge in [-0.3, -0.25) is 9.59 Å². The molecule has 1 aliphatic heterocycles. The molecule has 6 nitrogen and oxygen atoms in total. The number of nitrogens with one attached hydrogen (secondary N) is 1. The molecular weight excluding hydrogens is 424 g/mol. The Morgan fingerprint density at radius 3 is 2.79 bits per heavy atom. The van der Waals surface area contributed by atoms with Gasteiger partial charge in [-0.1, -0.05) is 24.3 Å². The van der Waals surface area contributed by atoms with Crippen LogP contribution < -0.4 is 19.7 Å². The zero-order valence-corrected chi connectivity index (χ0v) is 17.1. The zero-order valence-electron chi connectivity index (χ0n) is 15.5. The number of rotatable bonds is 9. The summed E-state index contributed by atoms with van der Waals surface area (Å²) in [6.07, 6.45) is 1.73. The zero-order chi connectivity index (χ0) is 19.8. The van der Waals surface area contributed by atoms with E-state index < -0.39 is 0 Å². The van der Waals surface area contributed by atoms with Gasteiger partial charge in [-0.05, 0) is 53.0 Å². The second-order valence-electron chi connectivity index (χ2n) is 6.39. The van der Waals surface area contributed by atoms with Crippen molar-refractivity contribution < 1.29 is 19.1 Å². The van der Waals surface area contributed by atoms with Gasteiger partial charge in [0.2, 0.25) is 5.91 Å². The Bertz CT molecular complexity index is 828. The van der Waals surface area contributed by atoms with Crippen molar-refractivity contribution in [2.24, 2.45) is 0 Å². The Hall–Kier alpha value is -2.54. The van der Waals surface area contributed by atoms with E-state index in [1.54, 1.807) is 4.90 Å². The lowest BCUT2D eigenvalue weighted by molar-refractivity contribution is -0.121. The van der Waals surface area contributed by atoms with Gasteiger partial charge in [-0.25, -0.2) is 0 Å². The summed E-state index contributed by atoms with van der Waals surface area (Å²) in [5.74, 6) is 1.42. The molecule has 0 aromatic heterocycles. The number of carbonyl (C=O) groups is 2. The summed E-state index contributed by atoms with van der Waals surface area (Å²) >= 11 is 3.43. The Labute approximate surface area is 172 Å². The van der Waals surface area contributed by atoms with E-state index in [-0.39, 0.29) is 18.4 Å². The number of ether oxygens (including phenoxy) is 2. The summed E-state index contributed by atoms with van der Waals surface area (Å²) in [6.45, 7) is 1.61. The molecule has 0 atom stereocenters. The SMILES string of the molecule is O=C(CCCOc1ccccc1Br)NCCCN1C(=O)COc2ccccc21. The standard InChI is InChI=1S/C21H23BrN2O4/c22-16-7-1-3-9-18(16)27-14-5-11-20(25)23-12-6-13-24-17-8-2-4-10-19(17)28-15-21(24)26/h1-4,7-10H,5-6,11-15H2,(H,23,25). The van der Waals surface area contributed by atoms with Crippen LogP contribution in [-0.2, 0) is 9.59 Å². The summed E-state index contributed by atoms with van der Waals surface area (Å²) in [7, 11) is 0. The largest absolute Gasteiger partial charge is 0.492 e. The lowest BCUT2D eigenvalue weighted by Gasteiger charge is -2.29. The Balaban J connectivity index is 1.33. The van der Waals surface area contributed by atoms with Gasteiger partial charge in [0.25, 0.3) is 5.91 Å². The van der Waals surface area contributed by atoms with Crippen molar-refractivity contribution in [3.63, 3.8) is 0 Å². The van der Waals surface area contributed by atoms with E-state index in [0.717, 1.165) is 21.7 Å². The fourth-order valence-corrected chi connectivity index (χ4v) is 3.33. The highest BCUT2D eigenvalue weighted by molar-refractivity contribution is 9.10. The van der Waals surface area contributed by atoms with Crippen LogP contribution >= 0.6 is 15.9 Å². The number of nitrogens with zero attached hydrogens (tertiary/aromatic N) is 1. The lowest BCUT2D eigenvalue weighted by atomic mass is 10.2. The van der Waals surface area contributed by atoms with Gasteiger partial charge in [0.1, 0.15) is 11.5 Å². The number of para-hydroxylation sites is 3. The van der Waals surface area contributed by atoms with E-state index >= 15 is 0 Å². The molecule has 28 heavy (non-hydrogen) atoms. The molecule has 0 saturated heterocycles. The van der Waals surface area contributed by atoms with Crippen molar-refractivity contribution in [3.05, 3.63) is 53.0 Å². The number of benzene rings is 2. The predicted molar refractivity (Wildman–Crippen MR) is 111 cm³/mol. The molecule has 148 valence electrons. The number of halogens is 1. The number of anilines is 1. The number of carbonyl (C=O) groups excluding carboxylic acids is 2. The smallest absolute Gasteiger partial charge is 0.265 e. The van der Waals surface area contributed by atoms with Gasteiger partial charge in [0, 0.05) is 19.5 Å². The predicted octanol–water partition coefficient (Wildman–Crippen LogP) is 3.54. The minimum atomic E-state index is -0.0609. The number of fused-ring (bicyclic) bond motifs is 1. The molecule has 0 aliphatic carbocycles. The Morgan fingerprint density at radius 2 is 1.93 bits per heavy atom. The molecule has 0 saturated carbocycles. The summed E-state index contributed by atoms with van der Waals surface area (Å²) in [6, 6.07) is 15.1. The lowest BCUT2D eigenvalue weighted by Crippen LogP contribution is -2.40. The van der Waals surface area contributed by atoms with E-state index in [1.807, 2.05) is 48.5 Å².